The predicted octanol–water partition coefficient (Wildman–Crippen LogP) is -4.46. The van der Waals surface area contributed by atoms with E-state index in [4.69, 9.17) is 4.74 Å². The number of rotatable bonds is 17. The van der Waals surface area contributed by atoms with Gasteiger partial charge in [-0.25, -0.2) is 13.2 Å². The molecule has 19 heteroatoms. The Labute approximate surface area is 234 Å². The number of carbonyl (C=O) groups excluding carboxylic acids is 8. The zero-order valence-corrected chi connectivity index (χ0v) is 22.9. The van der Waals surface area contributed by atoms with Gasteiger partial charge in [0.1, 0.15) is 6.54 Å². The van der Waals surface area contributed by atoms with E-state index in [1.54, 1.807) is 0 Å². The molecule has 0 aromatic heterocycles. The summed E-state index contributed by atoms with van der Waals surface area (Å²) in [6.45, 7) is -2.72. The SMILES string of the molecule is COCCS(=O)(=O)N(CCC(=O)NCC(=O)NCC(=O)NCC(=O)ON1C(=O)CCC1=O)CCN1C(=O)C=CC1=O. The van der Waals surface area contributed by atoms with Crippen LogP contribution in [0, 0.1) is 0 Å². The number of hydroxylamine groups is 2. The third-order valence-electron chi connectivity index (χ3n) is 5.52. The first kappa shape index (κ1) is 33.0. The number of imide groups is 2. The van der Waals surface area contributed by atoms with Crippen molar-refractivity contribution in [1.29, 1.82) is 0 Å². The summed E-state index contributed by atoms with van der Waals surface area (Å²) in [5.41, 5.74) is 0. The van der Waals surface area contributed by atoms with Gasteiger partial charge >= 0.3 is 5.97 Å². The highest BCUT2D eigenvalue weighted by Crippen LogP contribution is 2.12. The number of nitrogens with zero attached hydrogens (tertiary/aromatic N) is 3. The van der Waals surface area contributed by atoms with Gasteiger partial charge < -0.3 is 25.5 Å². The van der Waals surface area contributed by atoms with Crippen molar-refractivity contribution in [3.05, 3.63) is 12.2 Å². The molecule has 2 aliphatic rings. The van der Waals surface area contributed by atoms with Crippen molar-refractivity contribution in [2.45, 2.75) is 19.3 Å². The van der Waals surface area contributed by atoms with Gasteiger partial charge in [0.05, 0.1) is 25.4 Å². The maximum absolute atomic E-state index is 12.6. The average Bonchev–Trinajstić information content (AvgIpc) is 3.42. The zero-order valence-electron chi connectivity index (χ0n) is 22.1. The number of methoxy groups -OCH3 is 1. The summed E-state index contributed by atoms with van der Waals surface area (Å²) < 4.78 is 31.0. The molecule has 2 rings (SSSR count). The monoisotopic (exact) mass is 602 g/mol. The standard InChI is InChI=1S/C22H30N6O12S/c1-39-10-11-41(37,38)26(8-9-27-18(32)2-3-19(27)33)7-6-15(29)23-12-16(30)24-13-17(31)25-14-22(36)40-28-20(34)4-5-21(28)35/h2-3H,4-14H2,1H3,(H,23,29)(H,24,30)(H,25,31). The fourth-order valence-electron chi connectivity index (χ4n) is 3.33. The third kappa shape index (κ3) is 10.7. The molecule has 3 N–H and O–H groups in total. The first-order chi connectivity index (χ1) is 19.3. The molecule has 0 aromatic rings. The Bertz CT molecular complexity index is 1180. The molecule has 0 spiro atoms. The lowest BCUT2D eigenvalue weighted by molar-refractivity contribution is -0.196. The molecular weight excluding hydrogens is 572 g/mol. The first-order valence-corrected chi connectivity index (χ1v) is 13.8. The van der Waals surface area contributed by atoms with Crippen LogP contribution in [0.25, 0.3) is 0 Å². The average molecular weight is 603 g/mol. The van der Waals surface area contributed by atoms with E-state index in [1.165, 1.54) is 7.11 Å². The molecule has 0 bridgehead atoms. The Balaban J connectivity index is 1.71. The number of nitrogens with one attached hydrogen (secondary N) is 3. The van der Waals surface area contributed by atoms with E-state index in [0.717, 1.165) is 21.4 Å². The van der Waals surface area contributed by atoms with Crippen molar-refractivity contribution in [2.75, 3.05) is 58.7 Å². The van der Waals surface area contributed by atoms with Crippen LogP contribution in [-0.4, -0.2) is 129 Å². The number of hydrogen-bond donors (Lipinski definition) is 3. The highest BCUT2D eigenvalue weighted by atomic mass is 32.2. The van der Waals surface area contributed by atoms with Crippen LogP contribution in [-0.2, 0) is 58.0 Å². The predicted molar refractivity (Wildman–Crippen MR) is 134 cm³/mol. The van der Waals surface area contributed by atoms with Gasteiger partial charge in [0.2, 0.25) is 27.7 Å². The Kier molecular flexibility index (Phi) is 12.5. The molecule has 1 saturated heterocycles. The maximum atomic E-state index is 12.6. The molecule has 2 aliphatic heterocycles. The fourth-order valence-corrected chi connectivity index (χ4v) is 4.70. The number of amides is 7. The van der Waals surface area contributed by atoms with Crippen LogP contribution in [0.2, 0.25) is 0 Å². The summed E-state index contributed by atoms with van der Waals surface area (Å²) in [5.74, 6) is -6.28. The zero-order chi connectivity index (χ0) is 30.6. The van der Waals surface area contributed by atoms with E-state index < -0.39 is 82.7 Å². The van der Waals surface area contributed by atoms with Crippen LogP contribution in [0.5, 0.6) is 0 Å². The van der Waals surface area contributed by atoms with Crippen LogP contribution in [0.4, 0.5) is 0 Å². The molecule has 41 heavy (non-hydrogen) atoms. The third-order valence-corrected chi connectivity index (χ3v) is 7.36. The van der Waals surface area contributed by atoms with E-state index in [9.17, 15) is 46.8 Å². The molecule has 0 saturated carbocycles. The summed E-state index contributed by atoms with van der Waals surface area (Å²) >= 11 is 0. The Morgan fingerprint density at radius 3 is 1.95 bits per heavy atom. The van der Waals surface area contributed by atoms with E-state index in [-0.39, 0.29) is 45.5 Å². The smallest absolute Gasteiger partial charge is 0.352 e. The molecule has 2 heterocycles. The summed E-state index contributed by atoms with van der Waals surface area (Å²) in [7, 11) is -2.60. The molecule has 0 aromatic carbocycles. The molecule has 226 valence electrons. The van der Waals surface area contributed by atoms with Crippen LogP contribution in [0.1, 0.15) is 19.3 Å². The summed E-state index contributed by atoms with van der Waals surface area (Å²) in [5, 5.41) is 6.89. The number of sulfonamides is 1. The summed E-state index contributed by atoms with van der Waals surface area (Å²) in [4.78, 5) is 99.4. The maximum Gasteiger partial charge on any atom is 0.352 e. The van der Waals surface area contributed by atoms with Gasteiger partial charge in [-0.15, -0.1) is 5.06 Å². The van der Waals surface area contributed by atoms with Crippen molar-refractivity contribution in [3.8, 4) is 0 Å². The lowest BCUT2D eigenvalue weighted by atomic mass is 10.3. The van der Waals surface area contributed by atoms with Gasteiger partial charge in [0, 0.05) is 58.2 Å². The fraction of sp³-hybridized carbons (Fsp3) is 0.545. The summed E-state index contributed by atoms with van der Waals surface area (Å²) in [6.07, 6.45) is 1.58. The molecule has 0 unspecified atom stereocenters. The normalized spacial score (nSPS) is 15.1. The topological polar surface area (TPSA) is 235 Å². The van der Waals surface area contributed by atoms with Crippen molar-refractivity contribution in [2.24, 2.45) is 0 Å². The molecular formula is C22H30N6O12S. The van der Waals surface area contributed by atoms with Crippen molar-refractivity contribution >= 4 is 57.3 Å². The van der Waals surface area contributed by atoms with Gasteiger partial charge in [0.15, 0.2) is 0 Å². The van der Waals surface area contributed by atoms with Crippen molar-refractivity contribution in [3.63, 3.8) is 0 Å². The molecule has 0 aliphatic carbocycles. The van der Waals surface area contributed by atoms with Crippen LogP contribution in [0.15, 0.2) is 12.2 Å². The second-order valence-corrected chi connectivity index (χ2v) is 10.6. The lowest BCUT2D eigenvalue weighted by Gasteiger charge is -2.24. The minimum atomic E-state index is -3.91. The number of ether oxygens (including phenoxy) is 1. The largest absolute Gasteiger partial charge is 0.384 e. The van der Waals surface area contributed by atoms with E-state index in [1.807, 2.05) is 0 Å². The minimum absolute atomic E-state index is 0.0895. The van der Waals surface area contributed by atoms with Crippen molar-refractivity contribution in [1.82, 2.24) is 30.2 Å². The van der Waals surface area contributed by atoms with Gasteiger partial charge in [0.25, 0.3) is 23.6 Å². The highest BCUT2D eigenvalue weighted by Gasteiger charge is 2.33. The van der Waals surface area contributed by atoms with Crippen LogP contribution >= 0.6 is 0 Å². The van der Waals surface area contributed by atoms with E-state index >= 15 is 0 Å². The van der Waals surface area contributed by atoms with Gasteiger partial charge in [-0.1, -0.05) is 0 Å². The minimum Gasteiger partial charge on any atom is -0.384 e. The first-order valence-electron chi connectivity index (χ1n) is 12.2. The van der Waals surface area contributed by atoms with E-state index in [2.05, 4.69) is 20.8 Å². The van der Waals surface area contributed by atoms with Gasteiger partial charge in [-0.05, 0) is 0 Å². The molecule has 0 radical (unpaired) electrons. The Hall–Kier alpha value is -4.23. The van der Waals surface area contributed by atoms with E-state index in [0.29, 0.717) is 5.06 Å². The van der Waals surface area contributed by atoms with Gasteiger partial charge in [-0.3, -0.25) is 38.5 Å². The molecule has 1 fully saturated rings. The van der Waals surface area contributed by atoms with Crippen LogP contribution in [0.3, 0.4) is 0 Å². The number of hydrogen-bond acceptors (Lipinski definition) is 12. The lowest BCUT2D eigenvalue weighted by Crippen LogP contribution is -2.45. The molecule has 7 amide bonds. The Morgan fingerprint density at radius 1 is 0.854 bits per heavy atom. The second-order valence-electron chi connectivity index (χ2n) is 8.49. The molecule has 0 atom stereocenters. The number of carbonyl (C=O) groups is 8. The second kappa shape index (κ2) is 15.5. The highest BCUT2D eigenvalue weighted by molar-refractivity contribution is 7.89. The molecule has 18 nitrogen and oxygen atoms in total. The van der Waals surface area contributed by atoms with Gasteiger partial charge in [-0.2, -0.15) is 4.31 Å². The summed E-state index contributed by atoms with van der Waals surface area (Å²) in [6, 6.07) is 0. The van der Waals surface area contributed by atoms with Crippen LogP contribution < -0.4 is 16.0 Å². The van der Waals surface area contributed by atoms with Crippen molar-refractivity contribution < 1.29 is 56.3 Å². The quantitative estimate of drug-likeness (QED) is 0.134. The Morgan fingerprint density at radius 2 is 1.39 bits per heavy atom.